The zero-order valence-electron chi connectivity index (χ0n) is 20.4. The minimum Gasteiger partial charge on any atom is -0.461 e. The molecule has 2 aliphatic rings. The van der Waals surface area contributed by atoms with Crippen molar-refractivity contribution in [1.82, 2.24) is 4.90 Å². The van der Waals surface area contributed by atoms with Gasteiger partial charge in [0.25, 0.3) is 5.69 Å². The molecule has 0 bridgehead atoms. The minimum atomic E-state index is -0.519. The molecule has 1 spiro atoms. The molecule has 0 atom stereocenters. The molecule has 9 heteroatoms. The molecule has 1 amide bonds. The highest BCUT2D eigenvalue weighted by Gasteiger charge is 2.39. The third kappa shape index (κ3) is 6.48. The van der Waals surface area contributed by atoms with E-state index in [4.69, 9.17) is 9.47 Å². The Morgan fingerprint density at radius 2 is 1.76 bits per heavy atom. The van der Waals surface area contributed by atoms with E-state index in [2.05, 4.69) is 11.5 Å². The zero-order valence-corrected chi connectivity index (χ0v) is 20.4. The summed E-state index contributed by atoms with van der Waals surface area (Å²) in [6.45, 7) is 12.2. The fourth-order valence-electron chi connectivity index (χ4n) is 4.68. The number of likely N-dealkylation sites (tertiary alicyclic amines) is 1. The van der Waals surface area contributed by atoms with Crippen LogP contribution >= 0.6 is 0 Å². The van der Waals surface area contributed by atoms with Crippen molar-refractivity contribution >= 4 is 23.4 Å². The quantitative estimate of drug-likeness (QED) is 0.260. The highest BCUT2D eigenvalue weighted by Crippen LogP contribution is 2.42. The van der Waals surface area contributed by atoms with Crippen LogP contribution in [0, 0.1) is 15.5 Å². The molecule has 2 fully saturated rings. The first kappa shape index (κ1) is 25.5. The van der Waals surface area contributed by atoms with Crippen LogP contribution in [0.2, 0.25) is 0 Å². The van der Waals surface area contributed by atoms with E-state index in [1.54, 1.807) is 17.0 Å². The number of nitro benzene ring substituents is 1. The number of ether oxygens (including phenoxy) is 2. The molecular formula is C25H35N3O6. The van der Waals surface area contributed by atoms with Crippen LogP contribution in [0.4, 0.5) is 16.2 Å². The fraction of sp³-hybridized carbons (Fsp3) is 0.600. The van der Waals surface area contributed by atoms with Gasteiger partial charge in [-0.15, -0.1) is 0 Å². The van der Waals surface area contributed by atoms with Crippen LogP contribution in [-0.2, 0) is 20.7 Å². The van der Waals surface area contributed by atoms with Gasteiger partial charge in [-0.1, -0.05) is 12.7 Å². The number of nitro groups is 1. The van der Waals surface area contributed by atoms with Crippen LogP contribution in [0.25, 0.3) is 0 Å². The number of esters is 1. The Balaban J connectivity index is 1.61. The molecule has 0 aliphatic carbocycles. The van der Waals surface area contributed by atoms with E-state index in [0.29, 0.717) is 18.7 Å². The Bertz CT molecular complexity index is 921. The van der Waals surface area contributed by atoms with Crippen molar-refractivity contribution < 1.29 is 24.0 Å². The number of amides is 1. The van der Waals surface area contributed by atoms with Crippen LogP contribution in [-0.4, -0.2) is 60.3 Å². The van der Waals surface area contributed by atoms with E-state index in [-0.39, 0.29) is 30.2 Å². The Hall–Kier alpha value is -3.10. The van der Waals surface area contributed by atoms with Crippen molar-refractivity contribution in [3.63, 3.8) is 0 Å². The van der Waals surface area contributed by atoms with E-state index in [1.807, 2.05) is 20.8 Å². The number of carbonyl (C=O) groups is 2. The van der Waals surface area contributed by atoms with Gasteiger partial charge in [0.15, 0.2) is 0 Å². The third-order valence-electron chi connectivity index (χ3n) is 6.62. The van der Waals surface area contributed by atoms with Gasteiger partial charge in [0, 0.05) is 43.5 Å². The SMILES string of the molecule is C=CCOC(=O)Cc1cc(N2CCC3(CCN(C(=O)OC(C)(C)C)CC3)CC2)ccc1[N+](=O)[O-]. The van der Waals surface area contributed by atoms with Crippen molar-refractivity contribution in [3.8, 4) is 0 Å². The Morgan fingerprint density at radius 1 is 1.15 bits per heavy atom. The van der Waals surface area contributed by atoms with E-state index < -0.39 is 16.5 Å². The molecule has 0 saturated carbocycles. The number of benzene rings is 1. The molecule has 9 nitrogen and oxygen atoms in total. The summed E-state index contributed by atoms with van der Waals surface area (Å²) in [6.07, 6.45) is 4.93. The zero-order chi connectivity index (χ0) is 24.9. The van der Waals surface area contributed by atoms with Crippen LogP contribution in [0.1, 0.15) is 52.0 Å². The predicted molar refractivity (Wildman–Crippen MR) is 129 cm³/mol. The summed E-state index contributed by atoms with van der Waals surface area (Å²) in [5.74, 6) is -0.519. The number of carbonyl (C=O) groups excluding carboxylic acids is 2. The van der Waals surface area contributed by atoms with Crippen molar-refractivity contribution in [2.75, 3.05) is 37.7 Å². The number of piperidine rings is 2. The van der Waals surface area contributed by atoms with E-state index in [9.17, 15) is 19.7 Å². The molecule has 1 aromatic carbocycles. The maximum absolute atomic E-state index is 12.4. The molecule has 1 aromatic rings. The summed E-state index contributed by atoms with van der Waals surface area (Å²) in [5, 5.41) is 11.4. The van der Waals surface area contributed by atoms with Crippen LogP contribution in [0.3, 0.4) is 0 Å². The first-order chi connectivity index (χ1) is 16.0. The number of anilines is 1. The van der Waals surface area contributed by atoms with Crippen LogP contribution < -0.4 is 4.90 Å². The van der Waals surface area contributed by atoms with Gasteiger partial charge >= 0.3 is 12.1 Å². The summed E-state index contributed by atoms with van der Waals surface area (Å²) in [6, 6.07) is 4.95. The van der Waals surface area contributed by atoms with E-state index in [1.165, 1.54) is 12.1 Å². The van der Waals surface area contributed by atoms with Crippen LogP contribution in [0.5, 0.6) is 0 Å². The molecular weight excluding hydrogens is 438 g/mol. The molecule has 186 valence electrons. The van der Waals surface area contributed by atoms with Gasteiger partial charge in [-0.25, -0.2) is 4.79 Å². The Kier molecular flexibility index (Phi) is 7.84. The predicted octanol–water partition coefficient (Wildman–Crippen LogP) is 4.48. The summed E-state index contributed by atoms with van der Waals surface area (Å²) in [4.78, 5) is 39.4. The molecule has 0 aromatic heterocycles. The Morgan fingerprint density at radius 3 is 2.32 bits per heavy atom. The average Bonchev–Trinajstić information content (AvgIpc) is 2.77. The third-order valence-corrected chi connectivity index (χ3v) is 6.62. The highest BCUT2D eigenvalue weighted by atomic mass is 16.6. The molecule has 0 unspecified atom stereocenters. The van der Waals surface area contributed by atoms with Gasteiger partial charge in [-0.3, -0.25) is 14.9 Å². The Labute approximate surface area is 200 Å². The summed E-state index contributed by atoms with van der Waals surface area (Å²) in [7, 11) is 0. The minimum absolute atomic E-state index is 0.0753. The topological polar surface area (TPSA) is 102 Å². The standard InChI is InChI=1S/C25H35N3O6/c1-5-16-33-22(29)18-19-17-20(6-7-21(19)28(31)32)26-12-8-25(9-13-26)10-14-27(15-11-25)23(30)34-24(2,3)4/h5-7,17H,1,8-16,18H2,2-4H3. The van der Waals surface area contributed by atoms with Crippen molar-refractivity contribution in [2.45, 2.75) is 58.5 Å². The van der Waals surface area contributed by atoms with Crippen molar-refractivity contribution in [2.24, 2.45) is 5.41 Å². The maximum atomic E-state index is 12.4. The molecule has 2 saturated heterocycles. The second-order valence-corrected chi connectivity index (χ2v) is 10.2. The summed E-state index contributed by atoms with van der Waals surface area (Å²) in [5.41, 5.74) is 0.847. The monoisotopic (exact) mass is 473 g/mol. The number of rotatable bonds is 6. The lowest BCUT2D eigenvalue weighted by Crippen LogP contribution is -2.49. The normalized spacial score (nSPS) is 17.9. The first-order valence-electron chi connectivity index (χ1n) is 11.8. The lowest BCUT2D eigenvalue weighted by molar-refractivity contribution is -0.385. The molecule has 2 heterocycles. The smallest absolute Gasteiger partial charge is 0.410 e. The molecule has 0 radical (unpaired) electrons. The fourth-order valence-corrected chi connectivity index (χ4v) is 4.68. The van der Waals surface area contributed by atoms with Crippen LogP contribution in [0.15, 0.2) is 30.9 Å². The lowest BCUT2D eigenvalue weighted by atomic mass is 9.71. The maximum Gasteiger partial charge on any atom is 0.410 e. The molecule has 34 heavy (non-hydrogen) atoms. The van der Waals surface area contributed by atoms with E-state index >= 15 is 0 Å². The second kappa shape index (κ2) is 10.4. The van der Waals surface area contributed by atoms with Crippen molar-refractivity contribution in [1.29, 1.82) is 0 Å². The van der Waals surface area contributed by atoms with Crippen molar-refractivity contribution in [3.05, 3.63) is 46.5 Å². The summed E-state index contributed by atoms with van der Waals surface area (Å²) >= 11 is 0. The number of hydrogen-bond donors (Lipinski definition) is 0. The number of nitrogens with zero attached hydrogens (tertiary/aromatic N) is 3. The second-order valence-electron chi connectivity index (χ2n) is 10.2. The molecule has 3 rings (SSSR count). The van der Waals surface area contributed by atoms with Gasteiger partial charge in [0.1, 0.15) is 12.2 Å². The van der Waals surface area contributed by atoms with E-state index in [0.717, 1.165) is 44.5 Å². The summed E-state index contributed by atoms with van der Waals surface area (Å²) < 4.78 is 10.5. The van der Waals surface area contributed by atoms with Gasteiger partial charge in [-0.05, 0) is 64.0 Å². The largest absolute Gasteiger partial charge is 0.461 e. The van der Waals surface area contributed by atoms with Gasteiger partial charge in [-0.2, -0.15) is 0 Å². The van der Waals surface area contributed by atoms with Gasteiger partial charge in [0.2, 0.25) is 0 Å². The molecule has 0 N–H and O–H groups in total. The highest BCUT2D eigenvalue weighted by molar-refractivity contribution is 5.75. The van der Waals surface area contributed by atoms with Gasteiger partial charge < -0.3 is 19.3 Å². The van der Waals surface area contributed by atoms with Gasteiger partial charge in [0.05, 0.1) is 11.3 Å². The number of hydrogen-bond acceptors (Lipinski definition) is 7. The lowest BCUT2D eigenvalue weighted by Gasteiger charge is -2.47. The average molecular weight is 474 g/mol. The molecule has 2 aliphatic heterocycles. The first-order valence-corrected chi connectivity index (χ1v) is 11.8.